The highest BCUT2D eigenvalue weighted by Crippen LogP contribution is 2.37. The maximum atomic E-state index is 12.6. The first-order valence-electron chi connectivity index (χ1n) is 9.38. The fourth-order valence-electron chi connectivity index (χ4n) is 3.32. The second kappa shape index (κ2) is 9.01. The minimum Gasteiger partial charge on any atom is -0.462 e. The Bertz CT molecular complexity index is 661. The quantitative estimate of drug-likeness (QED) is 0.514. The fourth-order valence-corrected chi connectivity index (χ4v) is 3.32. The third-order valence-corrected chi connectivity index (χ3v) is 4.38. The van der Waals surface area contributed by atoms with E-state index in [9.17, 15) is 14.4 Å². The first kappa shape index (κ1) is 20.9. The summed E-state index contributed by atoms with van der Waals surface area (Å²) in [6.45, 7) is 6.07. The highest BCUT2D eigenvalue weighted by atomic mass is 16.7. The molecule has 1 unspecified atom stereocenters. The highest BCUT2D eigenvalue weighted by molar-refractivity contribution is 6.23. The molecule has 0 aromatic heterocycles. The summed E-state index contributed by atoms with van der Waals surface area (Å²) in [5, 5.41) is 0. The van der Waals surface area contributed by atoms with E-state index in [1.807, 2.05) is 0 Å². The molecule has 1 atom stereocenters. The van der Waals surface area contributed by atoms with E-state index >= 15 is 0 Å². The molecule has 27 heavy (non-hydrogen) atoms. The van der Waals surface area contributed by atoms with Crippen LogP contribution in [0, 0.1) is 0 Å². The molecular formula is C19H27NO7. The van der Waals surface area contributed by atoms with Crippen molar-refractivity contribution in [1.82, 2.24) is 0 Å². The average Bonchev–Trinajstić information content (AvgIpc) is 2.87. The summed E-state index contributed by atoms with van der Waals surface area (Å²) < 4.78 is 21.2. The molecule has 2 rings (SSSR count). The van der Waals surface area contributed by atoms with E-state index in [0.29, 0.717) is 0 Å². The summed E-state index contributed by atoms with van der Waals surface area (Å²) in [5.41, 5.74) is -0.336. The molecule has 0 aromatic rings. The monoisotopic (exact) mass is 381 g/mol. The number of aliphatic imine (C=N–C) groups is 1. The predicted octanol–water partition coefficient (Wildman–Crippen LogP) is 2.45. The van der Waals surface area contributed by atoms with Gasteiger partial charge in [-0.3, -0.25) is 4.79 Å². The largest absolute Gasteiger partial charge is 0.462 e. The topological polar surface area (TPSA) is 100 Å². The molecule has 1 heterocycles. The Balaban J connectivity index is 2.55. The molecule has 0 radical (unpaired) electrons. The standard InChI is InChI=1S/C19H27NO7/c1-5-24-17(22)14-15(18(23)25-6-2)19(4,26-12(3)21)27-16(14)20-13-10-8-7-9-11-13/h13H,5-11H2,1-4H3. The van der Waals surface area contributed by atoms with Crippen LogP contribution < -0.4 is 0 Å². The molecule has 8 heteroatoms. The van der Waals surface area contributed by atoms with Crippen LogP contribution in [0.1, 0.15) is 59.8 Å². The fraction of sp³-hybridized carbons (Fsp3) is 0.684. The van der Waals surface area contributed by atoms with Gasteiger partial charge in [-0.1, -0.05) is 19.3 Å². The van der Waals surface area contributed by atoms with Crippen molar-refractivity contribution in [2.45, 2.75) is 71.6 Å². The molecule has 150 valence electrons. The van der Waals surface area contributed by atoms with Crippen LogP contribution in [-0.2, 0) is 33.3 Å². The Kier molecular flexibility index (Phi) is 6.98. The Labute approximate surface area is 158 Å². The normalized spacial score (nSPS) is 24.5. The number of hydrogen-bond donors (Lipinski definition) is 0. The van der Waals surface area contributed by atoms with Gasteiger partial charge in [-0.15, -0.1) is 0 Å². The molecule has 0 saturated heterocycles. The lowest BCUT2D eigenvalue weighted by Crippen LogP contribution is -2.37. The molecular weight excluding hydrogens is 354 g/mol. The Morgan fingerprint density at radius 1 is 1.07 bits per heavy atom. The number of ether oxygens (including phenoxy) is 4. The lowest BCUT2D eigenvalue weighted by atomic mass is 9.96. The summed E-state index contributed by atoms with van der Waals surface area (Å²) in [6, 6.07) is -0.0266. The van der Waals surface area contributed by atoms with Crippen LogP contribution in [0.5, 0.6) is 0 Å². The van der Waals surface area contributed by atoms with Crippen molar-refractivity contribution in [2.75, 3.05) is 13.2 Å². The zero-order chi connectivity index (χ0) is 20.0. The summed E-state index contributed by atoms with van der Waals surface area (Å²) in [5.74, 6) is -4.06. The molecule has 1 aliphatic carbocycles. The van der Waals surface area contributed by atoms with Crippen molar-refractivity contribution in [3.63, 3.8) is 0 Å². The van der Waals surface area contributed by atoms with Gasteiger partial charge in [0.15, 0.2) is 0 Å². The van der Waals surface area contributed by atoms with Crippen molar-refractivity contribution in [1.29, 1.82) is 0 Å². The van der Waals surface area contributed by atoms with Crippen molar-refractivity contribution in [3.05, 3.63) is 11.1 Å². The number of rotatable bonds is 6. The Morgan fingerprint density at radius 2 is 1.67 bits per heavy atom. The van der Waals surface area contributed by atoms with Gasteiger partial charge < -0.3 is 18.9 Å². The van der Waals surface area contributed by atoms with Crippen LogP contribution in [0.2, 0.25) is 0 Å². The molecule has 0 spiro atoms. The molecule has 8 nitrogen and oxygen atoms in total. The minimum atomic E-state index is -1.80. The number of esters is 3. The average molecular weight is 381 g/mol. The number of carbonyl (C=O) groups is 3. The SMILES string of the molecule is CCOC(=O)C1=C(C(=O)OCC)C(C)(OC(C)=O)OC1=NC1CCCCC1. The van der Waals surface area contributed by atoms with E-state index in [2.05, 4.69) is 4.99 Å². The smallest absolute Gasteiger partial charge is 0.344 e. The molecule has 0 N–H and O–H groups in total. The van der Waals surface area contributed by atoms with E-state index < -0.39 is 23.7 Å². The third kappa shape index (κ3) is 4.87. The third-order valence-electron chi connectivity index (χ3n) is 4.38. The number of nitrogens with zero attached hydrogens (tertiary/aromatic N) is 1. The van der Waals surface area contributed by atoms with Gasteiger partial charge in [0, 0.05) is 13.8 Å². The van der Waals surface area contributed by atoms with Gasteiger partial charge in [-0.05, 0) is 26.7 Å². The van der Waals surface area contributed by atoms with Crippen LogP contribution in [0.3, 0.4) is 0 Å². The molecule has 0 bridgehead atoms. The van der Waals surface area contributed by atoms with Gasteiger partial charge >= 0.3 is 17.9 Å². The van der Waals surface area contributed by atoms with E-state index in [1.54, 1.807) is 13.8 Å². The summed E-state index contributed by atoms with van der Waals surface area (Å²) in [7, 11) is 0. The minimum absolute atomic E-state index is 0.0266. The van der Waals surface area contributed by atoms with Gasteiger partial charge in [0.1, 0.15) is 11.1 Å². The maximum Gasteiger partial charge on any atom is 0.344 e. The van der Waals surface area contributed by atoms with E-state index in [1.165, 1.54) is 13.8 Å². The molecule has 0 amide bonds. The lowest BCUT2D eigenvalue weighted by Gasteiger charge is -2.25. The highest BCUT2D eigenvalue weighted by Gasteiger charge is 2.53. The van der Waals surface area contributed by atoms with Gasteiger partial charge in [-0.2, -0.15) is 0 Å². The summed E-state index contributed by atoms with van der Waals surface area (Å²) in [4.78, 5) is 41.3. The zero-order valence-electron chi connectivity index (χ0n) is 16.3. The van der Waals surface area contributed by atoms with Gasteiger partial charge in [-0.25, -0.2) is 14.6 Å². The maximum absolute atomic E-state index is 12.6. The van der Waals surface area contributed by atoms with Crippen LogP contribution in [0.15, 0.2) is 16.1 Å². The van der Waals surface area contributed by atoms with Crippen molar-refractivity contribution >= 4 is 23.8 Å². The molecule has 0 aromatic carbocycles. The molecule has 2 aliphatic rings. The van der Waals surface area contributed by atoms with Crippen LogP contribution in [0.4, 0.5) is 0 Å². The first-order chi connectivity index (χ1) is 12.8. The van der Waals surface area contributed by atoms with Crippen molar-refractivity contribution in [3.8, 4) is 0 Å². The summed E-state index contributed by atoms with van der Waals surface area (Å²) >= 11 is 0. The molecule has 1 aliphatic heterocycles. The molecule has 1 saturated carbocycles. The van der Waals surface area contributed by atoms with Gasteiger partial charge in [0.25, 0.3) is 5.79 Å². The Hall–Kier alpha value is -2.38. The molecule has 1 fully saturated rings. The zero-order valence-corrected chi connectivity index (χ0v) is 16.3. The second-order valence-corrected chi connectivity index (χ2v) is 6.56. The van der Waals surface area contributed by atoms with Crippen molar-refractivity contribution in [2.24, 2.45) is 4.99 Å². The van der Waals surface area contributed by atoms with Crippen LogP contribution in [0.25, 0.3) is 0 Å². The van der Waals surface area contributed by atoms with Crippen LogP contribution >= 0.6 is 0 Å². The van der Waals surface area contributed by atoms with Crippen molar-refractivity contribution < 1.29 is 33.3 Å². The number of hydrogen-bond acceptors (Lipinski definition) is 8. The number of carbonyl (C=O) groups excluding carboxylic acids is 3. The Morgan fingerprint density at radius 3 is 2.22 bits per heavy atom. The second-order valence-electron chi connectivity index (χ2n) is 6.56. The predicted molar refractivity (Wildman–Crippen MR) is 95.9 cm³/mol. The van der Waals surface area contributed by atoms with Gasteiger partial charge in [0.2, 0.25) is 5.90 Å². The van der Waals surface area contributed by atoms with E-state index in [0.717, 1.165) is 32.1 Å². The first-order valence-corrected chi connectivity index (χ1v) is 9.38. The van der Waals surface area contributed by atoms with E-state index in [-0.39, 0.29) is 36.3 Å². The van der Waals surface area contributed by atoms with Gasteiger partial charge in [0.05, 0.1) is 19.3 Å². The van der Waals surface area contributed by atoms with E-state index in [4.69, 9.17) is 18.9 Å². The van der Waals surface area contributed by atoms with Crippen LogP contribution in [-0.4, -0.2) is 48.8 Å². The summed E-state index contributed by atoms with van der Waals surface area (Å²) in [6.07, 6.45) is 4.93. The lowest BCUT2D eigenvalue weighted by molar-refractivity contribution is -0.182.